The molecule has 0 aromatic rings. The summed E-state index contributed by atoms with van der Waals surface area (Å²) in [7, 11) is 0. The van der Waals surface area contributed by atoms with Crippen LogP contribution in [0.1, 0.15) is 39.0 Å². The normalized spacial score (nSPS) is 26.9. The van der Waals surface area contributed by atoms with Gasteiger partial charge in [0.2, 0.25) is 5.91 Å². The number of ether oxygens (including phenoxy) is 1. The summed E-state index contributed by atoms with van der Waals surface area (Å²) >= 11 is 0. The van der Waals surface area contributed by atoms with Crippen LogP contribution < -0.4 is 5.32 Å². The first kappa shape index (κ1) is 13.8. The second kappa shape index (κ2) is 7.10. The number of rotatable bonds is 3. The molecule has 2 saturated heterocycles. The van der Waals surface area contributed by atoms with Crippen LogP contribution in [0, 0.1) is 5.92 Å². The lowest BCUT2D eigenvalue weighted by Gasteiger charge is -2.25. The van der Waals surface area contributed by atoms with Gasteiger partial charge < -0.3 is 15.0 Å². The monoisotopic (exact) mass is 254 g/mol. The van der Waals surface area contributed by atoms with Crippen molar-refractivity contribution < 1.29 is 9.53 Å². The summed E-state index contributed by atoms with van der Waals surface area (Å²) in [5.41, 5.74) is 0. The topological polar surface area (TPSA) is 41.6 Å². The van der Waals surface area contributed by atoms with Crippen LogP contribution in [0.15, 0.2) is 0 Å². The van der Waals surface area contributed by atoms with Gasteiger partial charge in [0.1, 0.15) is 6.61 Å². The van der Waals surface area contributed by atoms with Gasteiger partial charge in [-0.1, -0.05) is 6.92 Å². The second-order valence-corrected chi connectivity index (χ2v) is 5.68. The van der Waals surface area contributed by atoms with E-state index in [1.165, 1.54) is 6.42 Å². The molecule has 1 amide bonds. The van der Waals surface area contributed by atoms with Crippen molar-refractivity contribution in [2.45, 2.75) is 45.1 Å². The van der Waals surface area contributed by atoms with Gasteiger partial charge in [0, 0.05) is 13.1 Å². The Morgan fingerprint density at radius 2 is 2.00 bits per heavy atom. The van der Waals surface area contributed by atoms with E-state index in [-0.39, 0.29) is 18.6 Å². The number of carbonyl (C=O) groups excluding carboxylic acids is 1. The molecule has 2 rings (SSSR count). The van der Waals surface area contributed by atoms with Gasteiger partial charge in [0.05, 0.1) is 6.10 Å². The maximum absolute atomic E-state index is 12.1. The molecule has 1 unspecified atom stereocenters. The van der Waals surface area contributed by atoms with Gasteiger partial charge in [-0.05, 0) is 51.1 Å². The Kier molecular flexibility index (Phi) is 5.45. The number of nitrogens with zero attached hydrogens (tertiary/aromatic N) is 1. The maximum atomic E-state index is 12.1. The SMILES string of the molecule is CC1CCCN(C(=O)COC2CCNCC2)CC1. The number of hydrogen-bond acceptors (Lipinski definition) is 3. The van der Waals surface area contributed by atoms with Crippen molar-refractivity contribution in [3.63, 3.8) is 0 Å². The van der Waals surface area contributed by atoms with Crippen molar-refractivity contribution in [2.75, 3.05) is 32.8 Å². The van der Waals surface area contributed by atoms with Crippen molar-refractivity contribution in [1.29, 1.82) is 0 Å². The van der Waals surface area contributed by atoms with Gasteiger partial charge in [0.15, 0.2) is 0 Å². The van der Waals surface area contributed by atoms with Gasteiger partial charge in [-0.2, -0.15) is 0 Å². The molecule has 0 spiro atoms. The van der Waals surface area contributed by atoms with Crippen LogP contribution in [0.5, 0.6) is 0 Å². The third-order valence-corrected chi connectivity index (χ3v) is 4.10. The van der Waals surface area contributed by atoms with Gasteiger partial charge >= 0.3 is 0 Å². The van der Waals surface area contributed by atoms with E-state index in [9.17, 15) is 4.79 Å². The van der Waals surface area contributed by atoms with Crippen molar-refractivity contribution in [3.8, 4) is 0 Å². The standard InChI is InChI=1S/C14H26N2O2/c1-12-3-2-9-16(10-6-12)14(17)11-18-13-4-7-15-8-5-13/h12-13,15H,2-11H2,1H3. The summed E-state index contributed by atoms with van der Waals surface area (Å²) in [5.74, 6) is 0.941. The van der Waals surface area contributed by atoms with E-state index in [0.717, 1.165) is 57.8 Å². The zero-order chi connectivity index (χ0) is 12.8. The molecular weight excluding hydrogens is 228 g/mol. The Morgan fingerprint density at radius 1 is 1.22 bits per heavy atom. The molecule has 18 heavy (non-hydrogen) atoms. The lowest BCUT2D eigenvalue weighted by atomic mass is 10.0. The molecule has 4 nitrogen and oxygen atoms in total. The number of amides is 1. The highest BCUT2D eigenvalue weighted by molar-refractivity contribution is 5.77. The minimum Gasteiger partial charge on any atom is -0.368 e. The largest absolute Gasteiger partial charge is 0.368 e. The molecule has 104 valence electrons. The molecule has 2 heterocycles. The predicted molar refractivity (Wildman–Crippen MR) is 71.4 cm³/mol. The zero-order valence-corrected chi connectivity index (χ0v) is 11.5. The summed E-state index contributed by atoms with van der Waals surface area (Å²) in [4.78, 5) is 14.1. The van der Waals surface area contributed by atoms with E-state index in [4.69, 9.17) is 4.74 Å². The van der Waals surface area contributed by atoms with Crippen LogP contribution in [0.25, 0.3) is 0 Å². The average Bonchev–Trinajstić information content (AvgIpc) is 2.62. The number of likely N-dealkylation sites (tertiary alicyclic amines) is 1. The molecule has 0 bridgehead atoms. The summed E-state index contributed by atoms with van der Waals surface area (Å²) < 4.78 is 5.73. The molecule has 4 heteroatoms. The first-order valence-electron chi connectivity index (χ1n) is 7.36. The molecule has 1 atom stereocenters. The fourth-order valence-corrected chi connectivity index (χ4v) is 2.75. The van der Waals surface area contributed by atoms with Crippen molar-refractivity contribution in [2.24, 2.45) is 5.92 Å². The van der Waals surface area contributed by atoms with Crippen LogP contribution in [-0.2, 0) is 9.53 Å². The van der Waals surface area contributed by atoms with Gasteiger partial charge in [0.25, 0.3) is 0 Å². The Bertz CT molecular complexity index is 265. The Labute approximate surface area is 110 Å². The Balaban J connectivity index is 1.69. The van der Waals surface area contributed by atoms with Crippen molar-refractivity contribution in [3.05, 3.63) is 0 Å². The second-order valence-electron chi connectivity index (χ2n) is 5.68. The molecule has 1 N–H and O–H groups in total. The lowest BCUT2D eigenvalue weighted by Crippen LogP contribution is -2.38. The van der Waals surface area contributed by atoms with E-state index in [1.54, 1.807) is 0 Å². The highest BCUT2D eigenvalue weighted by Crippen LogP contribution is 2.16. The third-order valence-electron chi connectivity index (χ3n) is 4.10. The van der Waals surface area contributed by atoms with Crippen molar-refractivity contribution >= 4 is 5.91 Å². The van der Waals surface area contributed by atoms with E-state index >= 15 is 0 Å². The summed E-state index contributed by atoms with van der Waals surface area (Å²) in [5, 5.41) is 3.30. The summed E-state index contributed by atoms with van der Waals surface area (Å²) in [6.07, 6.45) is 5.87. The molecule has 0 aromatic carbocycles. The molecular formula is C14H26N2O2. The van der Waals surface area contributed by atoms with Crippen LogP contribution >= 0.6 is 0 Å². The fourth-order valence-electron chi connectivity index (χ4n) is 2.75. The first-order valence-corrected chi connectivity index (χ1v) is 7.36. The number of hydrogen-bond donors (Lipinski definition) is 1. The molecule has 0 aromatic heterocycles. The smallest absolute Gasteiger partial charge is 0.248 e. The maximum Gasteiger partial charge on any atom is 0.248 e. The van der Waals surface area contributed by atoms with Gasteiger partial charge in [-0.25, -0.2) is 0 Å². The minimum absolute atomic E-state index is 0.183. The summed E-state index contributed by atoms with van der Waals surface area (Å²) in [6.45, 7) is 6.41. The van der Waals surface area contributed by atoms with Crippen LogP contribution in [-0.4, -0.2) is 49.7 Å². The zero-order valence-electron chi connectivity index (χ0n) is 11.5. The molecule has 2 fully saturated rings. The number of nitrogens with one attached hydrogen (secondary N) is 1. The van der Waals surface area contributed by atoms with Crippen LogP contribution in [0.4, 0.5) is 0 Å². The van der Waals surface area contributed by atoms with E-state index in [0.29, 0.717) is 0 Å². The third kappa shape index (κ3) is 4.25. The highest BCUT2D eigenvalue weighted by Gasteiger charge is 2.20. The molecule has 2 aliphatic heterocycles. The van der Waals surface area contributed by atoms with Gasteiger partial charge in [-0.15, -0.1) is 0 Å². The number of carbonyl (C=O) groups is 1. The fraction of sp³-hybridized carbons (Fsp3) is 0.929. The Hall–Kier alpha value is -0.610. The summed E-state index contributed by atoms with van der Waals surface area (Å²) in [6, 6.07) is 0. The van der Waals surface area contributed by atoms with E-state index < -0.39 is 0 Å². The first-order chi connectivity index (χ1) is 8.75. The van der Waals surface area contributed by atoms with Crippen LogP contribution in [0.3, 0.4) is 0 Å². The van der Waals surface area contributed by atoms with Crippen molar-refractivity contribution in [1.82, 2.24) is 10.2 Å². The van der Waals surface area contributed by atoms with Crippen LogP contribution in [0.2, 0.25) is 0 Å². The molecule has 0 radical (unpaired) electrons. The van der Waals surface area contributed by atoms with Gasteiger partial charge in [-0.3, -0.25) is 4.79 Å². The number of piperidine rings is 1. The van der Waals surface area contributed by atoms with E-state index in [1.807, 2.05) is 4.90 Å². The molecule has 2 aliphatic rings. The minimum atomic E-state index is 0.183. The lowest BCUT2D eigenvalue weighted by molar-refractivity contribution is -0.138. The average molecular weight is 254 g/mol. The van der Waals surface area contributed by atoms with E-state index in [2.05, 4.69) is 12.2 Å². The highest BCUT2D eigenvalue weighted by atomic mass is 16.5. The quantitative estimate of drug-likeness (QED) is 0.828. The Morgan fingerprint density at radius 3 is 2.78 bits per heavy atom. The molecule has 0 saturated carbocycles. The predicted octanol–water partition coefficient (Wildman–Crippen LogP) is 1.40. The molecule has 0 aliphatic carbocycles.